The summed E-state index contributed by atoms with van der Waals surface area (Å²) in [6.45, 7) is 0. The van der Waals surface area contributed by atoms with E-state index in [0.717, 1.165) is 5.32 Å². The second-order valence-electron chi connectivity index (χ2n) is 2.82. The van der Waals surface area contributed by atoms with Crippen LogP contribution in [0.3, 0.4) is 0 Å². The maximum absolute atomic E-state index is 12.1. The number of halogens is 9. The van der Waals surface area contributed by atoms with E-state index in [-0.39, 0.29) is 7.05 Å². The van der Waals surface area contributed by atoms with E-state index in [0.29, 0.717) is 0 Å². The van der Waals surface area contributed by atoms with E-state index < -0.39 is 29.9 Å². The molecular weight excluding hydrogens is 273 g/mol. The highest BCUT2D eigenvalue weighted by molar-refractivity contribution is 5.85. The normalized spacial score (nSPS) is 14.7. The third-order valence-electron chi connectivity index (χ3n) is 1.84. The minimum Gasteiger partial charge on any atom is -0.358 e. The lowest BCUT2D eigenvalue weighted by Gasteiger charge is -2.36. The molecule has 2 nitrogen and oxygen atoms in total. The van der Waals surface area contributed by atoms with Gasteiger partial charge in [0.2, 0.25) is 0 Å². The van der Waals surface area contributed by atoms with E-state index in [1.807, 2.05) is 0 Å². The van der Waals surface area contributed by atoms with Gasteiger partial charge < -0.3 is 5.32 Å². The third-order valence-corrected chi connectivity index (χ3v) is 1.84. The van der Waals surface area contributed by atoms with E-state index in [4.69, 9.17) is 0 Å². The third kappa shape index (κ3) is 2.14. The number of nitrogens with one attached hydrogen (secondary N) is 1. The average molecular weight is 277 g/mol. The predicted octanol–water partition coefficient (Wildman–Crippen LogP) is 2.41. The van der Waals surface area contributed by atoms with Crippen LogP contribution in [0.25, 0.3) is 0 Å². The van der Waals surface area contributed by atoms with Gasteiger partial charge >= 0.3 is 23.9 Å². The van der Waals surface area contributed by atoms with Gasteiger partial charge in [-0.25, -0.2) is 0 Å². The van der Waals surface area contributed by atoms with Crippen molar-refractivity contribution in [3.8, 4) is 0 Å². The molecule has 0 rings (SSSR count). The molecule has 0 bridgehead atoms. The molecule has 0 aliphatic carbocycles. The zero-order valence-corrected chi connectivity index (χ0v) is 7.81. The molecular formula is C6H4F9NO. The molecule has 0 unspecified atom stereocenters. The summed E-state index contributed by atoms with van der Waals surface area (Å²) in [6, 6.07) is 0. The first-order valence-corrected chi connectivity index (χ1v) is 3.65. The van der Waals surface area contributed by atoms with Crippen molar-refractivity contribution >= 4 is 5.91 Å². The summed E-state index contributed by atoms with van der Waals surface area (Å²) in [5, 5.41) is 0.727. The lowest BCUT2D eigenvalue weighted by molar-refractivity contribution is -0.406. The van der Waals surface area contributed by atoms with Gasteiger partial charge in [-0.1, -0.05) is 0 Å². The Balaban J connectivity index is 6.24. The van der Waals surface area contributed by atoms with Crippen LogP contribution in [0.15, 0.2) is 0 Å². The van der Waals surface area contributed by atoms with Gasteiger partial charge in [0.25, 0.3) is 5.91 Å². The number of rotatable bonds is 1. The summed E-state index contributed by atoms with van der Waals surface area (Å²) in [5.74, 6) is -3.23. The van der Waals surface area contributed by atoms with Gasteiger partial charge in [-0.2, -0.15) is 39.5 Å². The zero-order valence-electron chi connectivity index (χ0n) is 7.81. The van der Waals surface area contributed by atoms with Crippen LogP contribution in [-0.4, -0.2) is 31.5 Å². The maximum Gasteiger partial charge on any atom is 0.421 e. The van der Waals surface area contributed by atoms with Crippen molar-refractivity contribution in [3.63, 3.8) is 0 Å². The molecule has 0 aromatic heterocycles. The van der Waals surface area contributed by atoms with Crippen molar-refractivity contribution in [1.29, 1.82) is 0 Å². The molecule has 0 aliphatic heterocycles. The van der Waals surface area contributed by atoms with Crippen molar-refractivity contribution in [2.24, 2.45) is 5.41 Å². The average Bonchev–Trinajstić information content (AvgIpc) is 1.95. The maximum atomic E-state index is 12.1. The Kier molecular flexibility index (Phi) is 3.68. The Labute approximate surface area is 87.8 Å². The van der Waals surface area contributed by atoms with E-state index in [2.05, 4.69) is 0 Å². The van der Waals surface area contributed by atoms with Crippen molar-refractivity contribution in [1.82, 2.24) is 5.32 Å². The minimum absolute atomic E-state index is 0.236. The minimum atomic E-state index is -6.86. The topological polar surface area (TPSA) is 29.1 Å². The van der Waals surface area contributed by atoms with Crippen LogP contribution in [0.2, 0.25) is 0 Å². The molecule has 0 radical (unpaired) electrons. The molecule has 17 heavy (non-hydrogen) atoms. The SMILES string of the molecule is CNC(=O)C(C(F)(F)F)(C(F)(F)F)C(F)(F)F. The molecule has 0 spiro atoms. The molecule has 0 aromatic carbocycles. The van der Waals surface area contributed by atoms with Crippen LogP contribution in [0, 0.1) is 5.41 Å². The van der Waals surface area contributed by atoms with Gasteiger partial charge in [0.1, 0.15) is 0 Å². The van der Waals surface area contributed by atoms with E-state index in [9.17, 15) is 44.3 Å². The first-order valence-electron chi connectivity index (χ1n) is 3.65. The fourth-order valence-corrected chi connectivity index (χ4v) is 1.06. The van der Waals surface area contributed by atoms with E-state index >= 15 is 0 Å². The second-order valence-corrected chi connectivity index (χ2v) is 2.82. The van der Waals surface area contributed by atoms with Gasteiger partial charge in [-0.3, -0.25) is 4.79 Å². The summed E-state index contributed by atoms with van der Waals surface area (Å²) >= 11 is 0. The highest BCUT2D eigenvalue weighted by Crippen LogP contribution is 2.59. The van der Waals surface area contributed by atoms with Gasteiger partial charge in [-0.05, 0) is 0 Å². The summed E-state index contributed by atoms with van der Waals surface area (Å²) in [6.07, 6.45) is -20.6. The zero-order chi connectivity index (χ0) is 14.3. The Hall–Kier alpha value is -1.16. The highest BCUT2D eigenvalue weighted by atomic mass is 19.4. The number of carbonyl (C=O) groups is 1. The first-order chi connectivity index (χ1) is 7.23. The standard InChI is InChI=1S/C6H4F9NO/c1-16-2(17)3(4(7,8)9,5(10,11)12)6(13,14)15/h1H3,(H,16,17). The summed E-state index contributed by atoms with van der Waals surface area (Å²) in [4.78, 5) is 10.5. The van der Waals surface area contributed by atoms with Crippen molar-refractivity contribution < 1.29 is 44.3 Å². The molecule has 1 N–H and O–H groups in total. The molecule has 0 heterocycles. The van der Waals surface area contributed by atoms with Crippen molar-refractivity contribution in [2.75, 3.05) is 7.05 Å². The van der Waals surface area contributed by atoms with Gasteiger partial charge in [-0.15, -0.1) is 0 Å². The van der Waals surface area contributed by atoms with Crippen LogP contribution in [0.4, 0.5) is 39.5 Å². The Bertz CT molecular complexity index is 262. The smallest absolute Gasteiger partial charge is 0.358 e. The summed E-state index contributed by atoms with van der Waals surface area (Å²) in [7, 11) is 0.236. The lowest BCUT2D eigenvalue weighted by atomic mass is 9.84. The molecule has 0 aliphatic rings. The Morgan fingerprint density at radius 3 is 1.06 bits per heavy atom. The second kappa shape index (κ2) is 3.95. The molecule has 0 atom stereocenters. The summed E-state index contributed by atoms with van der Waals surface area (Å²) in [5.41, 5.74) is -6.43. The van der Waals surface area contributed by atoms with Crippen molar-refractivity contribution in [3.05, 3.63) is 0 Å². The number of hydrogen-bond donors (Lipinski definition) is 1. The largest absolute Gasteiger partial charge is 0.421 e. The first kappa shape index (κ1) is 15.8. The Morgan fingerprint density at radius 1 is 0.765 bits per heavy atom. The lowest BCUT2D eigenvalue weighted by Crippen LogP contribution is -2.66. The van der Waals surface area contributed by atoms with Crippen LogP contribution in [0.1, 0.15) is 0 Å². The number of hydrogen-bond acceptors (Lipinski definition) is 1. The predicted molar refractivity (Wildman–Crippen MR) is 34.7 cm³/mol. The summed E-state index contributed by atoms with van der Waals surface area (Å²) < 4.78 is 109. The number of alkyl halides is 9. The van der Waals surface area contributed by atoms with Crippen LogP contribution < -0.4 is 5.32 Å². The number of carbonyl (C=O) groups excluding carboxylic acids is 1. The highest BCUT2D eigenvalue weighted by Gasteiger charge is 2.87. The molecule has 102 valence electrons. The molecule has 11 heteroatoms. The van der Waals surface area contributed by atoms with Gasteiger partial charge in [0.05, 0.1) is 0 Å². The fourth-order valence-electron chi connectivity index (χ4n) is 1.06. The van der Waals surface area contributed by atoms with Crippen LogP contribution in [0.5, 0.6) is 0 Å². The van der Waals surface area contributed by atoms with E-state index in [1.54, 1.807) is 0 Å². The Morgan fingerprint density at radius 2 is 1.00 bits per heavy atom. The monoisotopic (exact) mass is 277 g/mol. The van der Waals surface area contributed by atoms with Crippen molar-refractivity contribution in [2.45, 2.75) is 18.5 Å². The molecule has 0 aromatic rings. The quantitative estimate of drug-likeness (QED) is 0.733. The van der Waals surface area contributed by atoms with Crippen LogP contribution in [-0.2, 0) is 4.79 Å². The number of amides is 1. The van der Waals surface area contributed by atoms with Gasteiger partial charge in [0, 0.05) is 7.05 Å². The molecule has 0 fully saturated rings. The van der Waals surface area contributed by atoms with Crippen LogP contribution >= 0.6 is 0 Å². The van der Waals surface area contributed by atoms with Gasteiger partial charge in [0.15, 0.2) is 0 Å². The molecule has 0 saturated heterocycles. The van der Waals surface area contributed by atoms with E-state index in [1.165, 1.54) is 0 Å². The molecule has 0 saturated carbocycles. The molecule has 1 amide bonds. The fraction of sp³-hybridized carbons (Fsp3) is 0.833.